The van der Waals surface area contributed by atoms with E-state index in [0.717, 1.165) is 49.4 Å². The minimum atomic E-state index is 0.272. The minimum Gasteiger partial charge on any atom is -0.339 e. The Hall–Kier alpha value is -1.17. The largest absolute Gasteiger partial charge is 0.339 e. The lowest BCUT2D eigenvalue weighted by Crippen LogP contribution is -2.51. The van der Waals surface area contributed by atoms with E-state index in [2.05, 4.69) is 30.8 Å². The Morgan fingerprint density at radius 1 is 1.05 bits per heavy atom. The third-order valence-corrected chi connectivity index (χ3v) is 4.84. The third kappa shape index (κ3) is 3.54. The molecule has 2 aliphatic rings. The van der Waals surface area contributed by atoms with Gasteiger partial charge in [-0.25, -0.2) is 9.97 Å². The number of piperazine rings is 1. The molecule has 1 aromatic heterocycles. The van der Waals surface area contributed by atoms with Gasteiger partial charge in [-0.1, -0.05) is 19.3 Å². The summed E-state index contributed by atoms with van der Waals surface area (Å²) < 4.78 is 0.886. The summed E-state index contributed by atoms with van der Waals surface area (Å²) in [6.07, 6.45) is 9.40. The summed E-state index contributed by atoms with van der Waals surface area (Å²) in [7, 11) is 0. The molecule has 2 fully saturated rings. The van der Waals surface area contributed by atoms with E-state index in [1.807, 2.05) is 4.90 Å². The number of nitrogens with zero attached hydrogens (tertiary/aromatic N) is 4. The first kappa shape index (κ1) is 14.8. The van der Waals surface area contributed by atoms with Gasteiger partial charge in [-0.05, 0) is 28.8 Å². The van der Waals surface area contributed by atoms with Gasteiger partial charge in [0.15, 0.2) is 0 Å². The molecule has 0 spiro atoms. The summed E-state index contributed by atoms with van der Waals surface area (Å²) in [5, 5.41) is 0. The molecule has 1 aliphatic carbocycles. The average molecular weight is 353 g/mol. The summed E-state index contributed by atoms with van der Waals surface area (Å²) in [6, 6.07) is 0. The normalized spacial score (nSPS) is 20.6. The summed E-state index contributed by atoms with van der Waals surface area (Å²) in [5.41, 5.74) is 0. The monoisotopic (exact) mass is 352 g/mol. The number of hydrogen-bond donors (Lipinski definition) is 0. The number of anilines is 1. The highest BCUT2D eigenvalue weighted by molar-refractivity contribution is 9.10. The molecule has 0 bridgehead atoms. The van der Waals surface area contributed by atoms with Crippen molar-refractivity contribution in [1.29, 1.82) is 0 Å². The number of halogens is 1. The Balaban J connectivity index is 1.54. The van der Waals surface area contributed by atoms with Crippen molar-refractivity contribution in [2.45, 2.75) is 32.1 Å². The SMILES string of the molecule is O=C(C1CCCCC1)N1CCN(c2ncc(Br)cn2)CC1. The van der Waals surface area contributed by atoms with Crippen molar-refractivity contribution in [1.82, 2.24) is 14.9 Å². The molecule has 1 aliphatic heterocycles. The van der Waals surface area contributed by atoms with Crippen molar-refractivity contribution in [2.24, 2.45) is 5.92 Å². The average Bonchev–Trinajstić information content (AvgIpc) is 2.56. The zero-order valence-corrected chi connectivity index (χ0v) is 13.8. The maximum atomic E-state index is 12.5. The van der Waals surface area contributed by atoms with Crippen LogP contribution in [0.15, 0.2) is 16.9 Å². The van der Waals surface area contributed by atoms with Crippen LogP contribution in [0.5, 0.6) is 0 Å². The molecule has 3 rings (SSSR count). The molecule has 1 saturated heterocycles. The van der Waals surface area contributed by atoms with Crippen LogP contribution in [0.3, 0.4) is 0 Å². The number of carbonyl (C=O) groups excluding carboxylic acids is 1. The lowest BCUT2D eigenvalue weighted by atomic mass is 9.88. The summed E-state index contributed by atoms with van der Waals surface area (Å²) in [6.45, 7) is 3.21. The predicted molar refractivity (Wildman–Crippen MR) is 85.1 cm³/mol. The van der Waals surface area contributed by atoms with Crippen LogP contribution in [-0.2, 0) is 4.79 Å². The van der Waals surface area contributed by atoms with Crippen LogP contribution in [0.1, 0.15) is 32.1 Å². The molecular weight excluding hydrogens is 332 g/mol. The first-order valence-corrected chi connectivity index (χ1v) is 8.54. The van der Waals surface area contributed by atoms with Gasteiger partial charge >= 0.3 is 0 Å². The number of hydrogen-bond acceptors (Lipinski definition) is 4. The van der Waals surface area contributed by atoms with Gasteiger partial charge in [0.2, 0.25) is 11.9 Å². The topological polar surface area (TPSA) is 49.3 Å². The molecule has 114 valence electrons. The van der Waals surface area contributed by atoms with Crippen LogP contribution in [0.25, 0.3) is 0 Å². The third-order valence-electron chi connectivity index (χ3n) is 4.44. The van der Waals surface area contributed by atoms with Crippen molar-refractivity contribution in [3.05, 3.63) is 16.9 Å². The molecule has 0 N–H and O–H groups in total. The quantitative estimate of drug-likeness (QED) is 0.820. The van der Waals surface area contributed by atoms with Crippen molar-refractivity contribution in [3.8, 4) is 0 Å². The first-order chi connectivity index (χ1) is 10.2. The van der Waals surface area contributed by atoms with E-state index in [4.69, 9.17) is 0 Å². The number of aromatic nitrogens is 2. The zero-order chi connectivity index (χ0) is 14.7. The fraction of sp³-hybridized carbons (Fsp3) is 0.667. The van der Waals surface area contributed by atoms with Gasteiger partial charge in [-0.2, -0.15) is 0 Å². The van der Waals surface area contributed by atoms with Gasteiger partial charge < -0.3 is 9.80 Å². The van der Waals surface area contributed by atoms with E-state index in [1.54, 1.807) is 12.4 Å². The Labute approximate surface area is 133 Å². The Morgan fingerprint density at radius 3 is 2.29 bits per heavy atom. The molecule has 5 nitrogen and oxygen atoms in total. The van der Waals surface area contributed by atoms with Gasteiger partial charge in [0, 0.05) is 44.5 Å². The highest BCUT2D eigenvalue weighted by Gasteiger charge is 2.28. The van der Waals surface area contributed by atoms with E-state index >= 15 is 0 Å². The number of amides is 1. The van der Waals surface area contributed by atoms with Crippen LogP contribution in [-0.4, -0.2) is 47.0 Å². The lowest BCUT2D eigenvalue weighted by Gasteiger charge is -2.37. The highest BCUT2D eigenvalue weighted by Crippen LogP contribution is 2.26. The van der Waals surface area contributed by atoms with E-state index < -0.39 is 0 Å². The summed E-state index contributed by atoms with van der Waals surface area (Å²) >= 11 is 3.35. The van der Waals surface area contributed by atoms with E-state index in [1.165, 1.54) is 19.3 Å². The maximum absolute atomic E-state index is 12.5. The second kappa shape index (κ2) is 6.73. The van der Waals surface area contributed by atoms with Gasteiger partial charge in [0.1, 0.15) is 0 Å². The lowest BCUT2D eigenvalue weighted by molar-refractivity contribution is -0.136. The van der Waals surface area contributed by atoms with Crippen LogP contribution < -0.4 is 4.90 Å². The Morgan fingerprint density at radius 2 is 1.67 bits per heavy atom. The first-order valence-electron chi connectivity index (χ1n) is 7.75. The molecule has 0 aromatic carbocycles. The van der Waals surface area contributed by atoms with Crippen LogP contribution in [0.2, 0.25) is 0 Å². The smallest absolute Gasteiger partial charge is 0.225 e. The molecule has 21 heavy (non-hydrogen) atoms. The van der Waals surface area contributed by atoms with E-state index in [0.29, 0.717) is 5.91 Å². The molecule has 0 radical (unpaired) electrons. The molecule has 2 heterocycles. The van der Waals surface area contributed by atoms with Crippen LogP contribution >= 0.6 is 15.9 Å². The zero-order valence-electron chi connectivity index (χ0n) is 12.2. The molecule has 1 amide bonds. The Kier molecular flexibility index (Phi) is 4.73. The second-order valence-electron chi connectivity index (χ2n) is 5.85. The van der Waals surface area contributed by atoms with Gasteiger partial charge in [0.25, 0.3) is 0 Å². The van der Waals surface area contributed by atoms with Crippen molar-refractivity contribution < 1.29 is 4.79 Å². The predicted octanol–water partition coefficient (Wildman–Crippen LogP) is 2.47. The van der Waals surface area contributed by atoms with E-state index in [-0.39, 0.29) is 5.92 Å². The molecule has 0 atom stereocenters. The standard InChI is InChI=1S/C15H21BrN4O/c16-13-10-17-15(18-11-13)20-8-6-19(7-9-20)14(21)12-4-2-1-3-5-12/h10-12H,1-9H2. The second-order valence-corrected chi connectivity index (χ2v) is 6.76. The van der Waals surface area contributed by atoms with Crippen molar-refractivity contribution in [2.75, 3.05) is 31.1 Å². The Bertz CT molecular complexity index is 479. The fourth-order valence-corrected chi connectivity index (χ4v) is 3.41. The highest BCUT2D eigenvalue weighted by atomic mass is 79.9. The van der Waals surface area contributed by atoms with Crippen LogP contribution in [0, 0.1) is 5.92 Å². The molecule has 1 saturated carbocycles. The number of carbonyl (C=O) groups is 1. The molecular formula is C15H21BrN4O. The number of rotatable bonds is 2. The van der Waals surface area contributed by atoms with Gasteiger partial charge in [-0.15, -0.1) is 0 Å². The summed E-state index contributed by atoms with van der Waals surface area (Å²) in [4.78, 5) is 25.3. The minimum absolute atomic E-state index is 0.272. The molecule has 6 heteroatoms. The van der Waals surface area contributed by atoms with Crippen LogP contribution in [0.4, 0.5) is 5.95 Å². The van der Waals surface area contributed by atoms with Gasteiger partial charge in [0.05, 0.1) is 4.47 Å². The molecule has 0 unspecified atom stereocenters. The van der Waals surface area contributed by atoms with Crippen molar-refractivity contribution in [3.63, 3.8) is 0 Å². The maximum Gasteiger partial charge on any atom is 0.225 e. The fourth-order valence-electron chi connectivity index (χ4n) is 3.20. The van der Waals surface area contributed by atoms with Crippen molar-refractivity contribution >= 4 is 27.8 Å². The summed E-state index contributed by atoms with van der Waals surface area (Å²) in [5.74, 6) is 1.39. The molecule has 1 aromatic rings. The van der Waals surface area contributed by atoms with Gasteiger partial charge in [-0.3, -0.25) is 4.79 Å². The van der Waals surface area contributed by atoms with E-state index in [9.17, 15) is 4.79 Å².